The van der Waals surface area contributed by atoms with Crippen molar-refractivity contribution in [3.05, 3.63) is 32.6 Å². The van der Waals surface area contributed by atoms with Crippen molar-refractivity contribution in [2.75, 3.05) is 5.32 Å². The second-order valence-electron chi connectivity index (χ2n) is 2.99. The van der Waals surface area contributed by atoms with Crippen molar-refractivity contribution in [1.29, 1.82) is 0 Å². The summed E-state index contributed by atoms with van der Waals surface area (Å²) in [6.45, 7) is 1.95. The van der Waals surface area contributed by atoms with Gasteiger partial charge in [-0.1, -0.05) is 0 Å². The number of halogens is 1. The molecule has 0 fully saturated rings. The highest BCUT2D eigenvalue weighted by atomic mass is 79.9. The van der Waals surface area contributed by atoms with E-state index in [4.69, 9.17) is 0 Å². The Morgan fingerprint density at radius 1 is 1.67 bits per heavy atom. The van der Waals surface area contributed by atoms with Gasteiger partial charge in [0.15, 0.2) is 0 Å². The van der Waals surface area contributed by atoms with Gasteiger partial charge in [-0.05, 0) is 34.5 Å². The Morgan fingerprint density at radius 3 is 3.00 bits per heavy atom. The molecule has 4 nitrogen and oxygen atoms in total. The molecule has 0 aliphatic carbocycles. The van der Waals surface area contributed by atoms with E-state index in [1.54, 1.807) is 12.3 Å². The van der Waals surface area contributed by atoms with Crippen LogP contribution in [0.5, 0.6) is 0 Å². The van der Waals surface area contributed by atoms with E-state index < -0.39 is 0 Å². The number of aryl methyl sites for hydroxylation is 1. The van der Waals surface area contributed by atoms with E-state index in [9.17, 15) is 4.79 Å². The lowest BCUT2D eigenvalue weighted by Gasteiger charge is -1.97. The molecule has 2 N–H and O–H groups in total. The molecule has 0 aliphatic heterocycles. The molecule has 6 heteroatoms. The topological polar surface area (TPSA) is 57.8 Å². The molecule has 78 valence electrons. The first-order valence-electron chi connectivity index (χ1n) is 4.23. The maximum atomic E-state index is 11.7. The van der Waals surface area contributed by atoms with Crippen LogP contribution in [-0.2, 0) is 0 Å². The van der Waals surface area contributed by atoms with E-state index in [1.165, 1.54) is 11.3 Å². The number of anilines is 1. The zero-order valence-electron chi connectivity index (χ0n) is 7.87. The zero-order valence-corrected chi connectivity index (χ0v) is 10.3. The van der Waals surface area contributed by atoms with Gasteiger partial charge < -0.3 is 5.32 Å². The number of thiophene rings is 1. The van der Waals surface area contributed by atoms with Crippen molar-refractivity contribution in [2.45, 2.75) is 6.92 Å². The third-order valence-corrected chi connectivity index (χ3v) is 3.97. The minimum atomic E-state index is -0.127. The van der Waals surface area contributed by atoms with E-state index in [0.29, 0.717) is 10.7 Å². The summed E-state index contributed by atoms with van der Waals surface area (Å²) in [6, 6.07) is 3.55. The fourth-order valence-electron chi connectivity index (χ4n) is 1.08. The van der Waals surface area contributed by atoms with E-state index in [0.717, 1.165) is 9.35 Å². The standard InChI is InChI=1S/C9H8BrN3OS/c1-5-4-6(15-8(5)10)9(14)12-7-2-3-11-13-7/h2-4H,1H3,(H2,11,12,13,14). The predicted octanol–water partition coefficient (Wildman–Crippen LogP) is 2.79. The normalized spacial score (nSPS) is 10.3. The van der Waals surface area contributed by atoms with Gasteiger partial charge in [0, 0.05) is 6.07 Å². The SMILES string of the molecule is Cc1cc(C(=O)Nc2ccn[nH]2)sc1Br. The number of amides is 1. The van der Waals surface area contributed by atoms with Crippen LogP contribution < -0.4 is 5.32 Å². The van der Waals surface area contributed by atoms with E-state index >= 15 is 0 Å². The number of rotatable bonds is 2. The summed E-state index contributed by atoms with van der Waals surface area (Å²) in [5.74, 6) is 0.472. The molecule has 1 amide bonds. The Balaban J connectivity index is 2.15. The summed E-state index contributed by atoms with van der Waals surface area (Å²) in [5.41, 5.74) is 1.06. The second kappa shape index (κ2) is 4.16. The number of carbonyl (C=O) groups is 1. The smallest absolute Gasteiger partial charge is 0.266 e. The summed E-state index contributed by atoms with van der Waals surface area (Å²) in [7, 11) is 0. The van der Waals surface area contributed by atoms with Crippen molar-refractivity contribution in [2.24, 2.45) is 0 Å². The minimum absolute atomic E-state index is 0.127. The highest BCUT2D eigenvalue weighted by Crippen LogP contribution is 2.27. The molecule has 0 bridgehead atoms. The van der Waals surface area contributed by atoms with Gasteiger partial charge in [0.1, 0.15) is 5.82 Å². The van der Waals surface area contributed by atoms with Crippen LogP contribution in [0.3, 0.4) is 0 Å². The van der Waals surface area contributed by atoms with Gasteiger partial charge in [-0.3, -0.25) is 9.89 Å². The molecule has 0 unspecified atom stereocenters. The van der Waals surface area contributed by atoms with Crippen molar-refractivity contribution in [3.8, 4) is 0 Å². The van der Waals surface area contributed by atoms with Crippen LogP contribution >= 0.6 is 27.3 Å². The Labute approximate surface area is 98.8 Å². The van der Waals surface area contributed by atoms with Gasteiger partial charge in [-0.2, -0.15) is 5.10 Å². The van der Waals surface area contributed by atoms with Crippen LogP contribution in [0.15, 0.2) is 22.1 Å². The molecule has 0 aromatic carbocycles. The van der Waals surface area contributed by atoms with Crippen molar-refractivity contribution in [1.82, 2.24) is 10.2 Å². The fraction of sp³-hybridized carbons (Fsp3) is 0.111. The number of hydrogen-bond donors (Lipinski definition) is 2. The number of nitrogens with one attached hydrogen (secondary N) is 2. The molecule has 0 radical (unpaired) electrons. The molecule has 15 heavy (non-hydrogen) atoms. The lowest BCUT2D eigenvalue weighted by molar-refractivity contribution is 0.103. The van der Waals surface area contributed by atoms with Crippen LogP contribution in [0.2, 0.25) is 0 Å². The Kier molecular flexibility index (Phi) is 2.88. The molecule has 0 aliphatic rings. The van der Waals surface area contributed by atoms with E-state index in [1.807, 2.05) is 13.0 Å². The predicted molar refractivity (Wildman–Crippen MR) is 63.3 cm³/mol. The molecule has 2 aromatic rings. The second-order valence-corrected chi connectivity index (χ2v) is 5.36. The summed E-state index contributed by atoms with van der Waals surface area (Å²) in [6.07, 6.45) is 1.59. The van der Waals surface area contributed by atoms with Crippen LogP contribution in [0.4, 0.5) is 5.82 Å². The van der Waals surface area contributed by atoms with Crippen molar-refractivity contribution < 1.29 is 4.79 Å². The average Bonchev–Trinajstić information content (AvgIpc) is 2.78. The van der Waals surface area contributed by atoms with Crippen molar-refractivity contribution in [3.63, 3.8) is 0 Å². The molecule has 0 atom stereocenters. The molecular weight excluding hydrogens is 278 g/mol. The Hall–Kier alpha value is -1.14. The molecule has 2 rings (SSSR count). The molecule has 2 aromatic heterocycles. The van der Waals surface area contributed by atoms with Gasteiger partial charge in [-0.15, -0.1) is 11.3 Å². The van der Waals surface area contributed by atoms with Gasteiger partial charge >= 0.3 is 0 Å². The van der Waals surface area contributed by atoms with Gasteiger partial charge in [0.25, 0.3) is 5.91 Å². The summed E-state index contributed by atoms with van der Waals surface area (Å²) >= 11 is 4.80. The monoisotopic (exact) mass is 285 g/mol. The number of H-pyrrole nitrogens is 1. The third-order valence-electron chi connectivity index (χ3n) is 1.83. The minimum Gasteiger partial charge on any atom is -0.306 e. The maximum absolute atomic E-state index is 11.7. The molecule has 0 saturated carbocycles. The number of carbonyl (C=O) groups excluding carboxylic acids is 1. The first-order chi connectivity index (χ1) is 7.16. The van der Waals surface area contributed by atoms with Gasteiger partial charge in [0.2, 0.25) is 0 Å². The average molecular weight is 286 g/mol. The zero-order chi connectivity index (χ0) is 10.8. The summed E-state index contributed by atoms with van der Waals surface area (Å²) < 4.78 is 0.984. The maximum Gasteiger partial charge on any atom is 0.266 e. The summed E-state index contributed by atoms with van der Waals surface area (Å²) in [5, 5.41) is 9.13. The quantitative estimate of drug-likeness (QED) is 0.891. The Morgan fingerprint density at radius 2 is 2.47 bits per heavy atom. The molecule has 0 spiro atoms. The number of nitrogens with zero attached hydrogens (tertiary/aromatic N) is 1. The van der Waals surface area contributed by atoms with E-state index in [2.05, 4.69) is 31.4 Å². The third kappa shape index (κ3) is 2.27. The van der Waals surface area contributed by atoms with Crippen LogP contribution in [0.25, 0.3) is 0 Å². The number of aromatic nitrogens is 2. The lowest BCUT2D eigenvalue weighted by atomic mass is 10.3. The van der Waals surface area contributed by atoms with Gasteiger partial charge in [0.05, 0.1) is 14.9 Å². The number of aromatic amines is 1. The largest absolute Gasteiger partial charge is 0.306 e. The molecule has 0 saturated heterocycles. The summed E-state index contributed by atoms with van der Waals surface area (Å²) in [4.78, 5) is 12.4. The Bertz CT molecular complexity index is 458. The van der Waals surface area contributed by atoms with Crippen LogP contribution in [0.1, 0.15) is 15.2 Å². The van der Waals surface area contributed by atoms with Crippen LogP contribution in [-0.4, -0.2) is 16.1 Å². The van der Waals surface area contributed by atoms with Crippen LogP contribution in [0, 0.1) is 6.92 Å². The molecule has 2 heterocycles. The fourth-order valence-corrected chi connectivity index (χ4v) is 2.51. The number of hydrogen-bond acceptors (Lipinski definition) is 3. The lowest BCUT2D eigenvalue weighted by Crippen LogP contribution is -2.10. The first kappa shape index (κ1) is 10.4. The highest BCUT2D eigenvalue weighted by Gasteiger charge is 2.11. The van der Waals surface area contributed by atoms with Gasteiger partial charge in [-0.25, -0.2) is 0 Å². The first-order valence-corrected chi connectivity index (χ1v) is 5.84. The van der Waals surface area contributed by atoms with E-state index in [-0.39, 0.29) is 5.91 Å². The highest BCUT2D eigenvalue weighted by molar-refractivity contribution is 9.11. The van der Waals surface area contributed by atoms with Crippen molar-refractivity contribution >= 4 is 39.0 Å². The molecular formula is C9H8BrN3OS.